The van der Waals surface area contributed by atoms with Crippen LogP contribution in [0.4, 0.5) is 11.4 Å². The first-order valence-corrected chi connectivity index (χ1v) is 3.70. The lowest BCUT2D eigenvalue weighted by Crippen LogP contribution is -1.76. The average Bonchev–Trinajstić information content (AvgIpc) is 2.16. The Bertz CT molecular complexity index is 288. The fourth-order valence-corrected chi connectivity index (χ4v) is 0.993. The van der Waals surface area contributed by atoms with Gasteiger partial charge in [0.15, 0.2) is 0 Å². The molecule has 0 spiro atoms. The summed E-state index contributed by atoms with van der Waals surface area (Å²) in [5, 5.41) is 5.36. The van der Waals surface area contributed by atoms with E-state index in [1.54, 1.807) is 0 Å². The maximum absolute atomic E-state index is 10.1. The van der Waals surface area contributed by atoms with Crippen molar-refractivity contribution in [2.75, 3.05) is 0 Å². The van der Waals surface area contributed by atoms with Crippen molar-refractivity contribution >= 4 is 23.0 Å². The molecule has 0 aliphatic rings. The van der Waals surface area contributed by atoms with Crippen LogP contribution in [0.5, 0.6) is 0 Å². The molecule has 0 fully saturated rings. The minimum absolute atomic E-state index is 0.169. The van der Waals surface area contributed by atoms with Gasteiger partial charge in [0, 0.05) is 5.88 Å². The highest BCUT2D eigenvalue weighted by atomic mass is 35.5. The first-order chi connectivity index (χ1) is 5.80. The van der Waals surface area contributed by atoms with Gasteiger partial charge in [0.05, 0.1) is 0 Å². The lowest BCUT2D eigenvalue weighted by Gasteiger charge is -1.96. The van der Waals surface area contributed by atoms with Crippen molar-refractivity contribution in [2.24, 2.45) is 10.4 Å². The van der Waals surface area contributed by atoms with Crippen LogP contribution in [0.3, 0.4) is 0 Å². The first-order valence-electron chi connectivity index (χ1n) is 3.17. The molecule has 0 heterocycles. The fraction of sp³-hybridized carbons (Fsp3) is 0.143. The number of nitrogens with zero attached hydrogens (tertiary/aromatic N) is 2. The molecule has 0 saturated heterocycles. The number of rotatable bonds is 3. The van der Waals surface area contributed by atoms with Gasteiger partial charge < -0.3 is 0 Å². The van der Waals surface area contributed by atoms with Crippen LogP contribution >= 0.6 is 11.6 Å². The summed E-state index contributed by atoms with van der Waals surface area (Å²) in [6, 6.07) is 4.32. The van der Waals surface area contributed by atoms with Crippen LogP contribution in [0.25, 0.3) is 0 Å². The second-order valence-electron chi connectivity index (χ2n) is 2.17. The predicted octanol–water partition coefficient (Wildman–Crippen LogP) is 3.22. The van der Waals surface area contributed by atoms with Crippen LogP contribution in [0.1, 0.15) is 5.56 Å². The lowest BCUT2D eigenvalue weighted by molar-refractivity contribution is 1.35. The van der Waals surface area contributed by atoms with E-state index in [4.69, 9.17) is 11.6 Å². The van der Waals surface area contributed by atoms with E-state index in [-0.39, 0.29) is 17.3 Å². The topological polar surface area (TPSA) is 58.9 Å². The van der Waals surface area contributed by atoms with Crippen molar-refractivity contribution in [1.82, 2.24) is 0 Å². The normalized spacial score (nSPS) is 9.42. The van der Waals surface area contributed by atoms with Gasteiger partial charge in [-0.25, -0.2) is 0 Å². The third-order valence-corrected chi connectivity index (χ3v) is 1.64. The van der Waals surface area contributed by atoms with Crippen LogP contribution in [-0.2, 0) is 5.88 Å². The molecular weight excluding hydrogens is 180 g/mol. The highest BCUT2D eigenvalue weighted by molar-refractivity contribution is 6.17. The first kappa shape index (κ1) is 8.80. The van der Waals surface area contributed by atoms with Crippen molar-refractivity contribution < 1.29 is 0 Å². The molecule has 1 aromatic carbocycles. The molecule has 0 aliphatic carbocycles. The van der Waals surface area contributed by atoms with Crippen molar-refractivity contribution in [3.63, 3.8) is 0 Å². The van der Waals surface area contributed by atoms with Gasteiger partial charge in [0.1, 0.15) is 11.4 Å². The number of nitroso groups, excluding NO2 is 2. The van der Waals surface area contributed by atoms with Crippen LogP contribution in [0.15, 0.2) is 28.6 Å². The van der Waals surface area contributed by atoms with Crippen molar-refractivity contribution in [2.45, 2.75) is 5.88 Å². The van der Waals surface area contributed by atoms with Gasteiger partial charge in [-0.05, 0) is 34.1 Å². The number of halogens is 1. The molecule has 1 rings (SSSR count). The van der Waals surface area contributed by atoms with E-state index in [1.807, 2.05) is 0 Å². The second kappa shape index (κ2) is 3.92. The van der Waals surface area contributed by atoms with Crippen LogP contribution in [-0.4, -0.2) is 0 Å². The Morgan fingerprint density at radius 2 is 1.58 bits per heavy atom. The number of hydrogen-bond donors (Lipinski definition) is 0. The Hall–Kier alpha value is -1.29. The summed E-state index contributed by atoms with van der Waals surface area (Å²) in [6.45, 7) is 0. The molecule has 4 nitrogen and oxygen atoms in total. The third-order valence-electron chi connectivity index (χ3n) is 1.33. The van der Waals surface area contributed by atoms with Gasteiger partial charge in [0.2, 0.25) is 0 Å². The zero-order chi connectivity index (χ0) is 8.97. The molecule has 0 atom stereocenters. The minimum Gasteiger partial charge on any atom is -0.145 e. The quantitative estimate of drug-likeness (QED) is 0.535. The van der Waals surface area contributed by atoms with E-state index in [0.29, 0.717) is 5.56 Å². The molecule has 0 radical (unpaired) electrons. The molecule has 1 aromatic rings. The number of alkyl halides is 1. The monoisotopic (exact) mass is 184 g/mol. The van der Waals surface area contributed by atoms with Crippen molar-refractivity contribution in [3.05, 3.63) is 33.6 Å². The van der Waals surface area contributed by atoms with Crippen LogP contribution in [0.2, 0.25) is 0 Å². The molecule has 0 N–H and O–H groups in total. The zero-order valence-corrected chi connectivity index (χ0v) is 6.78. The highest BCUT2D eigenvalue weighted by Gasteiger charge is 2.00. The molecule has 0 amide bonds. The Morgan fingerprint density at radius 3 is 1.92 bits per heavy atom. The molecule has 0 aromatic heterocycles. The van der Waals surface area contributed by atoms with E-state index >= 15 is 0 Å². The summed E-state index contributed by atoms with van der Waals surface area (Å²) in [7, 11) is 0. The standard InChI is InChI=1S/C7H5ClN2O2/c8-4-5-1-6(9-11)3-7(2-5)10-12/h1-3H,4H2. The molecule has 62 valence electrons. The second-order valence-corrected chi connectivity index (χ2v) is 2.44. The minimum atomic E-state index is 0.169. The summed E-state index contributed by atoms with van der Waals surface area (Å²) in [5.41, 5.74) is 0.994. The molecule has 0 unspecified atom stereocenters. The Labute approximate surface area is 73.5 Å². The van der Waals surface area contributed by atoms with Crippen molar-refractivity contribution in [3.8, 4) is 0 Å². The molecule has 12 heavy (non-hydrogen) atoms. The number of benzene rings is 1. The van der Waals surface area contributed by atoms with E-state index < -0.39 is 0 Å². The smallest absolute Gasteiger partial charge is 0.110 e. The van der Waals surface area contributed by atoms with Gasteiger partial charge in [-0.3, -0.25) is 0 Å². The molecule has 0 aliphatic heterocycles. The molecule has 0 saturated carbocycles. The van der Waals surface area contributed by atoms with Crippen molar-refractivity contribution in [1.29, 1.82) is 0 Å². The average molecular weight is 185 g/mol. The van der Waals surface area contributed by atoms with E-state index in [9.17, 15) is 9.81 Å². The van der Waals surface area contributed by atoms with Gasteiger partial charge in [-0.1, -0.05) is 0 Å². The van der Waals surface area contributed by atoms with E-state index in [1.165, 1.54) is 18.2 Å². The van der Waals surface area contributed by atoms with Crippen LogP contribution in [0, 0.1) is 9.81 Å². The fourth-order valence-electron chi connectivity index (χ4n) is 0.839. The van der Waals surface area contributed by atoms with Crippen LogP contribution < -0.4 is 0 Å². The van der Waals surface area contributed by atoms with Gasteiger partial charge >= 0.3 is 0 Å². The van der Waals surface area contributed by atoms with Gasteiger partial charge in [-0.15, -0.1) is 21.4 Å². The summed E-state index contributed by atoms with van der Waals surface area (Å²) >= 11 is 5.50. The Kier molecular flexibility index (Phi) is 2.88. The Morgan fingerprint density at radius 1 is 1.08 bits per heavy atom. The number of hydrogen-bond acceptors (Lipinski definition) is 4. The Balaban J connectivity index is 3.18. The van der Waals surface area contributed by atoms with E-state index in [2.05, 4.69) is 10.4 Å². The molecular formula is C7H5ClN2O2. The molecule has 0 bridgehead atoms. The van der Waals surface area contributed by atoms with E-state index in [0.717, 1.165) is 0 Å². The summed E-state index contributed by atoms with van der Waals surface area (Å²) in [6.07, 6.45) is 0. The maximum Gasteiger partial charge on any atom is 0.110 e. The zero-order valence-electron chi connectivity index (χ0n) is 6.03. The third kappa shape index (κ3) is 1.85. The summed E-state index contributed by atoms with van der Waals surface area (Å²) in [5.74, 6) is 0.228. The largest absolute Gasteiger partial charge is 0.145 e. The SMILES string of the molecule is O=Nc1cc(CCl)cc(N=O)c1. The van der Waals surface area contributed by atoms with Gasteiger partial charge in [0.25, 0.3) is 0 Å². The summed E-state index contributed by atoms with van der Waals surface area (Å²) < 4.78 is 0. The lowest BCUT2D eigenvalue weighted by atomic mass is 10.2. The molecule has 5 heteroatoms. The maximum atomic E-state index is 10.1. The predicted molar refractivity (Wildman–Crippen MR) is 46.9 cm³/mol. The van der Waals surface area contributed by atoms with Gasteiger partial charge in [-0.2, -0.15) is 0 Å². The summed E-state index contributed by atoms with van der Waals surface area (Å²) in [4.78, 5) is 20.2. The highest BCUT2D eigenvalue weighted by Crippen LogP contribution is 2.23.